The molecule has 1 N–H and O–H groups in total. The van der Waals surface area contributed by atoms with Crippen molar-refractivity contribution in [1.82, 2.24) is 20.1 Å². The van der Waals surface area contributed by atoms with Gasteiger partial charge in [-0.3, -0.25) is 9.88 Å². The first-order chi connectivity index (χ1) is 16.8. The van der Waals surface area contributed by atoms with Crippen LogP contribution in [0.1, 0.15) is 5.56 Å². The molecule has 0 aliphatic carbocycles. The molecule has 2 aromatic carbocycles. The zero-order chi connectivity index (χ0) is 24.6. The van der Waals surface area contributed by atoms with Crippen molar-refractivity contribution >= 4 is 41.5 Å². The minimum atomic E-state index is -1.23. The van der Waals surface area contributed by atoms with Gasteiger partial charge in [-0.15, -0.1) is 0 Å². The number of nitrogens with zero attached hydrogens (tertiary/aromatic N) is 5. The average molecular weight is 485 g/mol. The van der Waals surface area contributed by atoms with Crippen LogP contribution in [0.4, 0.5) is 10.5 Å². The van der Waals surface area contributed by atoms with E-state index in [1.54, 1.807) is 28.2 Å². The molecule has 1 unspecified atom stereocenters. The standard InChI is InChI=1S/C26H28N6O2Si/c1-35(2,3)12-11-34-18-32-24-20(14-29-32)8-6-10-23(24)31-17-26(16-27,30-25(31)33)22-15-28-13-19-7-4-5-9-21(19)22/h4-10,13-15H,11-12,17-18H2,1-3H3,(H,30,33). The predicted octanol–water partition coefficient (Wildman–Crippen LogP) is 4.85. The summed E-state index contributed by atoms with van der Waals surface area (Å²) in [5.74, 6) is 0. The Hall–Kier alpha value is -3.74. The van der Waals surface area contributed by atoms with E-state index in [4.69, 9.17) is 4.74 Å². The van der Waals surface area contributed by atoms with Crippen molar-refractivity contribution in [3.63, 3.8) is 0 Å². The molecule has 0 radical (unpaired) electrons. The number of anilines is 1. The van der Waals surface area contributed by atoms with Gasteiger partial charge in [-0.05, 0) is 17.5 Å². The summed E-state index contributed by atoms with van der Waals surface area (Å²) in [5.41, 5.74) is 0.951. The van der Waals surface area contributed by atoms with Crippen LogP contribution in [0.15, 0.2) is 61.1 Å². The van der Waals surface area contributed by atoms with Gasteiger partial charge in [0, 0.05) is 43.4 Å². The summed E-state index contributed by atoms with van der Waals surface area (Å²) in [6.07, 6.45) is 5.22. The number of fused-ring (bicyclic) bond motifs is 2. The van der Waals surface area contributed by atoms with E-state index in [9.17, 15) is 10.1 Å². The number of carbonyl (C=O) groups excluding carboxylic acids is 1. The molecule has 4 aromatic rings. The number of nitriles is 1. The molecular formula is C26H28N6O2Si. The molecule has 0 bridgehead atoms. The average Bonchev–Trinajstić information content (AvgIpc) is 3.42. The highest BCUT2D eigenvalue weighted by Crippen LogP contribution is 2.36. The number of carbonyl (C=O) groups is 1. The van der Waals surface area contributed by atoms with Crippen LogP contribution in [-0.2, 0) is 17.0 Å². The molecule has 178 valence electrons. The van der Waals surface area contributed by atoms with Gasteiger partial charge in [-0.1, -0.05) is 56.0 Å². The van der Waals surface area contributed by atoms with Crippen LogP contribution in [0, 0.1) is 11.3 Å². The largest absolute Gasteiger partial charge is 0.360 e. The van der Waals surface area contributed by atoms with E-state index < -0.39 is 13.6 Å². The highest BCUT2D eigenvalue weighted by molar-refractivity contribution is 6.76. The Labute approximate surface area is 205 Å². The van der Waals surface area contributed by atoms with E-state index in [-0.39, 0.29) is 12.6 Å². The lowest BCUT2D eigenvalue weighted by Gasteiger charge is -2.23. The molecule has 2 amide bonds. The van der Waals surface area contributed by atoms with Gasteiger partial charge in [0.25, 0.3) is 0 Å². The van der Waals surface area contributed by atoms with E-state index in [2.05, 4.69) is 41.1 Å². The minimum Gasteiger partial charge on any atom is -0.360 e. The Morgan fingerprint density at radius 3 is 2.71 bits per heavy atom. The van der Waals surface area contributed by atoms with Crippen LogP contribution in [0.3, 0.4) is 0 Å². The fourth-order valence-corrected chi connectivity index (χ4v) is 5.25. The molecule has 3 heterocycles. The van der Waals surface area contributed by atoms with E-state index in [0.717, 1.165) is 27.7 Å². The van der Waals surface area contributed by atoms with Crippen molar-refractivity contribution in [3.05, 3.63) is 66.6 Å². The molecule has 1 saturated heterocycles. The van der Waals surface area contributed by atoms with Gasteiger partial charge in [-0.25, -0.2) is 9.48 Å². The molecule has 8 nitrogen and oxygen atoms in total. The van der Waals surface area contributed by atoms with Crippen LogP contribution >= 0.6 is 0 Å². The summed E-state index contributed by atoms with van der Waals surface area (Å²) >= 11 is 0. The van der Waals surface area contributed by atoms with Crippen LogP contribution in [0.25, 0.3) is 21.7 Å². The van der Waals surface area contributed by atoms with Crippen molar-refractivity contribution in [2.24, 2.45) is 0 Å². The number of rotatable bonds is 7. The fourth-order valence-electron chi connectivity index (χ4n) is 4.49. The monoisotopic (exact) mass is 484 g/mol. The smallest absolute Gasteiger partial charge is 0.323 e. The van der Waals surface area contributed by atoms with Gasteiger partial charge >= 0.3 is 6.03 Å². The molecule has 1 fully saturated rings. The van der Waals surface area contributed by atoms with Crippen molar-refractivity contribution in [2.45, 2.75) is 38.0 Å². The zero-order valence-corrected chi connectivity index (χ0v) is 21.2. The SMILES string of the molecule is C[Si](C)(C)CCOCn1ncc2cccc(N3CC(C#N)(c4cncc5ccccc45)NC3=O)c21. The summed E-state index contributed by atoms with van der Waals surface area (Å²) in [4.78, 5) is 19.3. The molecular weight excluding hydrogens is 456 g/mol. The number of hydrogen-bond acceptors (Lipinski definition) is 5. The normalized spacial score (nSPS) is 18.2. The Kier molecular flexibility index (Phi) is 5.79. The quantitative estimate of drug-likeness (QED) is 0.299. The second-order valence-electron chi connectivity index (χ2n) is 10.1. The number of amides is 2. The number of aromatic nitrogens is 3. The number of hydrogen-bond donors (Lipinski definition) is 1. The highest BCUT2D eigenvalue weighted by Gasteiger charge is 2.46. The highest BCUT2D eigenvalue weighted by atomic mass is 28.3. The Morgan fingerprint density at radius 2 is 1.91 bits per heavy atom. The minimum absolute atomic E-state index is 0.152. The summed E-state index contributed by atoms with van der Waals surface area (Å²) in [5, 5.41) is 20.5. The Balaban J connectivity index is 1.49. The topological polar surface area (TPSA) is 96.1 Å². The molecule has 0 saturated carbocycles. The number of pyridine rings is 1. The third kappa shape index (κ3) is 4.27. The first kappa shape index (κ1) is 23.0. The van der Waals surface area contributed by atoms with Crippen LogP contribution < -0.4 is 10.2 Å². The molecule has 0 spiro atoms. The van der Waals surface area contributed by atoms with E-state index in [1.165, 1.54) is 0 Å². The molecule has 1 aliphatic rings. The number of ether oxygens (including phenoxy) is 1. The van der Waals surface area contributed by atoms with Crippen molar-refractivity contribution in [1.29, 1.82) is 5.26 Å². The lowest BCUT2D eigenvalue weighted by Crippen LogP contribution is -2.39. The first-order valence-electron chi connectivity index (χ1n) is 11.7. The fraction of sp³-hybridized carbons (Fsp3) is 0.308. The molecule has 1 atom stereocenters. The van der Waals surface area contributed by atoms with Gasteiger partial charge in [0.15, 0.2) is 5.54 Å². The number of urea groups is 1. The zero-order valence-electron chi connectivity index (χ0n) is 20.2. The van der Waals surface area contributed by atoms with Crippen molar-refractivity contribution in [2.75, 3.05) is 18.1 Å². The van der Waals surface area contributed by atoms with E-state index in [1.807, 2.05) is 42.5 Å². The summed E-state index contributed by atoms with van der Waals surface area (Å²) < 4.78 is 7.73. The van der Waals surface area contributed by atoms with Gasteiger partial charge < -0.3 is 10.1 Å². The summed E-state index contributed by atoms with van der Waals surface area (Å²) in [6, 6.07) is 16.6. The van der Waals surface area contributed by atoms with Crippen molar-refractivity contribution < 1.29 is 9.53 Å². The van der Waals surface area contributed by atoms with E-state index >= 15 is 0 Å². The van der Waals surface area contributed by atoms with Crippen LogP contribution in [0.5, 0.6) is 0 Å². The Morgan fingerprint density at radius 1 is 1.11 bits per heavy atom. The third-order valence-electron chi connectivity index (χ3n) is 6.42. The molecule has 9 heteroatoms. The number of para-hydroxylation sites is 1. The van der Waals surface area contributed by atoms with Crippen LogP contribution in [0.2, 0.25) is 25.7 Å². The summed E-state index contributed by atoms with van der Waals surface area (Å²) in [7, 11) is -1.20. The van der Waals surface area contributed by atoms with Gasteiger partial charge in [0.05, 0.1) is 30.0 Å². The second-order valence-corrected chi connectivity index (χ2v) is 15.8. The van der Waals surface area contributed by atoms with Gasteiger partial charge in [-0.2, -0.15) is 10.4 Å². The third-order valence-corrected chi connectivity index (χ3v) is 8.12. The lowest BCUT2D eigenvalue weighted by molar-refractivity contribution is 0.0817. The first-order valence-corrected chi connectivity index (χ1v) is 15.4. The molecule has 1 aliphatic heterocycles. The number of benzene rings is 2. The van der Waals surface area contributed by atoms with E-state index in [0.29, 0.717) is 24.6 Å². The van der Waals surface area contributed by atoms with Crippen molar-refractivity contribution in [3.8, 4) is 6.07 Å². The maximum absolute atomic E-state index is 13.3. The molecule has 2 aromatic heterocycles. The molecule has 35 heavy (non-hydrogen) atoms. The maximum Gasteiger partial charge on any atom is 0.323 e. The maximum atomic E-state index is 13.3. The number of nitrogens with one attached hydrogen (secondary N) is 1. The predicted molar refractivity (Wildman–Crippen MR) is 139 cm³/mol. The lowest BCUT2D eigenvalue weighted by atomic mass is 9.89. The van der Waals surface area contributed by atoms with Gasteiger partial charge in [0.2, 0.25) is 0 Å². The summed E-state index contributed by atoms with van der Waals surface area (Å²) in [6.45, 7) is 8.08. The molecule has 5 rings (SSSR count). The second kappa shape index (κ2) is 8.80. The van der Waals surface area contributed by atoms with Crippen LogP contribution in [-0.4, -0.2) is 42.0 Å². The van der Waals surface area contributed by atoms with Gasteiger partial charge in [0.1, 0.15) is 6.73 Å². The Bertz CT molecular complexity index is 1450.